The van der Waals surface area contributed by atoms with Crippen LogP contribution in [-0.4, -0.2) is 15.8 Å². The third-order valence-electron chi connectivity index (χ3n) is 2.33. The van der Waals surface area contributed by atoms with E-state index < -0.39 is 0 Å². The van der Waals surface area contributed by atoms with E-state index in [9.17, 15) is 0 Å². The van der Waals surface area contributed by atoms with Crippen LogP contribution in [0.15, 0.2) is 41.1 Å². The summed E-state index contributed by atoms with van der Waals surface area (Å²) in [5.74, 6) is 0. The molecule has 1 aromatic carbocycles. The molecule has 0 amide bonds. The van der Waals surface area contributed by atoms with Crippen molar-refractivity contribution in [3.05, 3.63) is 46.7 Å². The minimum absolute atomic E-state index is 0.142. The largest absolute Gasteiger partial charge is 0.328 e. The van der Waals surface area contributed by atoms with E-state index >= 15 is 0 Å². The van der Waals surface area contributed by atoms with E-state index in [0.717, 1.165) is 16.6 Å². The number of aromatic nitrogens is 2. The minimum atomic E-state index is 0.142. The third kappa shape index (κ3) is 2.51. The molecule has 0 fully saturated rings. The zero-order valence-corrected chi connectivity index (χ0v) is 10.7. The fraction of sp³-hybridized carbons (Fsp3) is 0.250. The highest BCUT2D eigenvalue weighted by Gasteiger charge is 2.07. The average molecular weight is 280 g/mol. The molecule has 1 heterocycles. The van der Waals surface area contributed by atoms with E-state index in [4.69, 9.17) is 5.73 Å². The monoisotopic (exact) mass is 279 g/mol. The Balaban J connectivity index is 2.44. The lowest BCUT2D eigenvalue weighted by atomic mass is 10.1. The van der Waals surface area contributed by atoms with Crippen LogP contribution in [0.25, 0.3) is 5.69 Å². The normalized spacial score (nSPS) is 12.7. The van der Waals surface area contributed by atoms with Crippen LogP contribution >= 0.6 is 15.9 Å². The summed E-state index contributed by atoms with van der Waals surface area (Å²) >= 11 is 3.48. The highest BCUT2D eigenvalue weighted by molar-refractivity contribution is 9.10. The maximum Gasteiger partial charge on any atom is 0.0678 e. The molecule has 0 saturated carbocycles. The van der Waals surface area contributed by atoms with E-state index in [-0.39, 0.29) is 6.04 Å². The van der Waals surface area contributed by atoms with Gasteiger partial charge >= 0.3 is 0 Å². The second-order valence-electron chi connectivity index (χ2n) is 3.91. The Hall–Kier alpha value is -1.13. The van der Waals surface area contributed by atoms with Crippen molar-refractivity contribution in [1.29, 1.82) is 0 Å². The number of hydrogen-bond donors (Lipinski definition) is 1. The molecule has 84 valence electrons. The Bertz CT molecular complexity index is 463. The van der Waals surface area contributed by atoms with Gasteiger partial charge in [0.1, 0.15) is 0 Å². The number of rotatable bonds is 3. The summed E-state index contributed by atoms with van der Waals surface area (Å²) in [4.78, 5) is 0. The molecule has 4 heteroatoms. The smallest absolute Gasteiger partial charge is 0.0678 e. The Morgan fingerprint density at radius 3 is 2.94 bits per heavy atom. The molecule has 3 nitrogen and oxygen atoms in total. The molecule has 0 spiro atoms. The van der Waals surface area contributed by atoms with E-state index in [1.54, 1.807) is 6.20 Å². The van der Waals surface area contributed by atoms with Crippen molar-refractivity contribution in [1.82, 2.24) is 9.78 Å². The lowest BCUT2D eigenvalue weighted by Crippen LogP contribution is -2.19. The van der Waals surface area contributed by atoms with Gasteiger partial charge in [-0.1, -0.05) is 15.9 Å². The summed E-state index contributed by atoms with van der Waals surface area (Å²) in [6, 6.07) is 8.22. The number of nitrogens with two attached hydrogens (primary N) is 1. The summed E-state index contributed by atoms with van der Waals surface area (Å²) in [7, 11) is 0. The van der Waals surface area contributed by atoms with E-state index in [1.165, 1.54) is 5.56 Å². The molecule has 1 aromatic heterocycles. The van der Waals surface area contributed by atoms with Gasteiger partial charge in [-0.3, -0.25) is 0 Å². The summed E-state index contributed by atoms with van der Waals surface area (Å²) in [5.41, 5.74) is 8.14. The van der Waals surface area contributed by atoms with E-state index in [1.807, 2.05) is 29.9 Å². The van der Waals surface area contributed by atoms with Crippen molar-refractivity contribution >= 4 is 15.9 Å². The van der Waals surface area contributed by atoms with Gasteiger partial charge in [0.05, 0.1) is 5.69 Å². The molecule has 2 rings (SSSR count). The Morgan fingerprint density at radius 2 is 2.31 bits per heavy atom. The van der Waals surface area contributed by atoms with E-state index in [0.29, 0.717) is 0 Å². The van der Waals surface area contributed by atoms with E-state index in [2.05, 4.69) is 33.2 Å². The first-order chi connectivity index (χ1) is 7.66. The van der Waals surface area contributed by atoms with Gasteiger partial charge in [0.15, 0.2) is 0 Å². The predicted octanol–water partition coefficient (Wildman–Crippen LogP) is 2.52. The number of benzene rings is 1. The van der Waals surface area contributed by atoms with Crippen LogP contribution in [0.4, 0.5) is 0 Å². The average Bonchev–Trinajstić information content (AvgIpc) is 2.69. The van der Waals surface area contributed by atoms with Crippen LogP contribution in [0, 0.1) is 0 Å². The maximum absolute atomic E-state index is 5.85. The van der Waals surface area contributed by atoms with Crippen molar-refractivity contribution in [2.45, 2.75) is 19.4 Å². The second-order valence-corrected chi connectivity index (χ2v) is 4.82. The first-order valence-electron chi connectivity index (χ1n) is 5.21. The first-order valence-corrected chi connectivity index (χ1v) is 6.00. The number of hydrogen-bond acceptors (Lipinski definition) is 2. The molecule has 0 aliphatic heterocycles. The molecule has 0 radical (unpaired) electrons. The highest BCUT2D eigenvalue weighted by Crippen LogP contribution is 2.20. The van der Waals surface area contributed by atoms with Crippen molar-refractivity contribution in [2.75, 3.05) is 0 Å². The first kappa shape index (κ1) is 11.4. The molecule has 0 aliphatic rings. The molecule has 1 unspecified atom stereocenters. The van der Waals surface area contributed by atoms with Gasteiger partial charge in [-0.05, 0) is 43.2 Å². The topological polar surface area (TPSA) is 43.8 Å². The Kier molecular flexibility index (Phi) is 3.41. The summed E-state index contributed by atoms with van der Waals surface area (Å²) in [6.07, 6.45) is 4.56. The lowest BCUT2D eigenvalue weighted by molar-refractivity contribution is 0.727. The van der Waals surface area contributed by atoms with Gasteiger partial charge in [-0.25, -0.2) is 4.68 Å². The summed E-state index contributed by atoms with van der Waals surface area (Å²) < 4.78 is 2.93. The molecular weight excluding hydrogens is 266 g/mol. The van der Waals surface area contributed by atoms with Crippen LogP contribution in [0.1, 0.15) is 12.5 Å². The molecule has 2 aromatic rings. The zero-order valence-electron chi connectivity index (χ0n) is 9.10. The van der Waals surface area contributed by atoms with Crippen LogP contribution in [0.3, 0.4) is 0 Å². The van der Waals surface area contributed by atoms with Crippen molar-refractivity contribution in [2.24, 2.45) is 5.73 Å². The molecule has 0 saturated heterocycles. The SMILES string of the molecule is CC(N)Cc1cc(Br)ccc1-n1cccn1. The van der Waals surface area contributed by atoms with Gasteiger partial charge in [-0.15, -0.1) is 0 Å². The number of nitrogens with zero attached hydrogens (tertiary/aromatic N) is 2. The van der Waals surface area contributed by atoms with Gasteiger partial charge in [0.25, 0.3) is 0 Å². The summed E-state index contributed by atoms with van der Waals surface area (Å²) in [5, 5.41) is 4.24. The molecule has 2 N–H and O–H groups in total. The van der Waals surface area contributed by atoms with Crippen molar-refractivity contribution < 1.29 is 0 Å². The molecule has 1 atom stereocenters. The highest BCUT2D eigenvalue weighted by atomic mass is 79.9. The standard InChI is InChI=1S/C12H14BrN3/c1-9(14)7-10-8-11(13)3-4-12(10)16-6-2-5-15-16/h2-6,8-9H,7,14H2,1H3. The van der Waals surface area contributed by atoms with Gasteiger partial charge in [0, 0.05) is 22.9 Å². The fourth-order valence-corrected chi connectivity index (χ4v) is 2.11. The van der Waals surface area contributed by atoms with Gasteiger partial charge < -0.3 is 5.73 Å². The molecular formula is C12H14BrN3. The zero-order chi connectivity index (χ0) is 11.5. The second kappa shape index (κ2) is 4.80. The van der Waals surface area contributed by atoms with Crippen LogP contribution in [-0.2, 0) is 6.42 Å². The van der Waals surface area contributed by atoms with Crippen LogP contribution in [0.5, 0.6) is 0 Å². The van der Waals surface area contributed by atoms with Gasteiger partial charge in [-0.2, -0.15) is 5.10 Å². The Labute approximate surface area is 103 Å². The fourth-order valence-electron chi connectivity index (χ4n) is 1.70. The molecule has 0 bridgehead atoms. The van der Waals surface area contributed by atoms with Gasteiger partial charge in [0.2, 0.25) is 0 Å². The Morgan fingerprint density at radius 1 is 1.50 bits per heavy atom. The maximum atomic E-state index is 5.85. The number of halogens is 1. The predicted molar refractivity (Wildman–Crippen MR) is 68.6 cm³/mol. The summed E-state index contributed by atoms with van der Waals surface area (Å²) in [6.45, 7) is 2.01. The quantitative estimate of drug-likeness (QED) is 0.938. The molecule has 16 heavy (non-hydrogen) atoms. The minimum Gasteiger partial charge on any atom is -0.328 e. The van der Waals surface area contributed by atoms with Crippen molar-refractivity contribution in [3.63, 3.8) is 0 Å². The molecule has 0 aliphatic carbocycles. The van der Waals surface area contributed by atoms with Crippen LogP contribution < -0.4 is 5.73 Å². The van der Waals surface area contributed by atoms with Crippen LogP contribution in [0.2, 0.25) is 0 Å². The third-order valence-corrected chi connectivity index (χ3v) is 2.83. The van der Waals surface area contributed by atoms with Crippen molar-refractivity contribution in [3.8, 4) is 5.69 Å². The lowest BCUT2D eigenvalue weighted by Gasteiger charge is -2.12.